The lowest BCUT2D eigenvalue weighted by atomic mass is 10.0. The molecule has 1 unspecified atom stereocenters. The molecule has 1 heteroatoms. The number of unbranched alkanes of at least 4 members (excludes halogenated alkanes) is 5. The Hall–Kier alpha value is -0.820. The predicted octanol–water partition coefficient (Wildman–Crippen LogP) is 5.01. The quantitative estimate of drug-likeness (QED) is 0.600. The lowest BCUT2D eigenvalue weighted by Crippen LogP contribution is -1.95. The molecule has 1 aliphatic heterocycles. The molecule has 0 saturated heterocycles. The molecular formula is C16H24O. The highest BCUT2D eigenvalue weighted by Gasteiger charge is 2.21. The molecule has 1 aromatic carbocycles. The van der Waals surface area contributed by atoms with Crippen LogP contribution in [0, 0.1) is 0 Å². The molecule has 0 saturated carbocycles. The molecular weight excluding hydrogens is 208 g/mol. The van der Waals surface area contributed by atoms with Crippen LogP contribution in [0.15, 0.2) is 24.3 Å². The van der Waals surface area contributed by atoms with Gasteiger partial charge in [0.1, 0.15) is 0 Å². The summed E-state index contributed by atoms with van der Waals surface area (Å²) in [6, 6.07) is 8.65. The van der Waals surface area contributed by atoms with Gasteiger partial charge in [0.05, 0.1) is 12.7 Å². The van der Waals surface area contributed by atoms with Crippen LogP contribution in [0.1, 0.15) is 69.1 Å². The summed E-state index contributed by atoms with van der Waals surface area (Å²) in [7, 11) is 0. The summed E-state index contributed by atoms with van der Waals surface area (Å²) < 4.78 is 5.85. The first kappa shape index (κ1) is 12.6. The van der Waals surface area contributed by atoms with Crippen LogP contribution in [0.25, 0.3) is 0 Å². The highest BCUT2D eigenvalue weighted by molar-refractivity contribution is 5.31. The Morgan fingerprint density at radius 1 is 1.06 bits per heavy atom. The van der Waals surface area contributed by atoms with Gasteiger partial charge in [0.25, 0.3) is 0 Å². The highest BCUT2D eigenvalue weighted by atomic mass is 16.5. The Labute approximate surface area is 105 Å². The smallest absolute Gasteiger partial charge is 0.0833 e. The van der Waals surface area contributed by atoms with E-state index in [2.05, 4.69) is 31.2 Å². The molecule has 94 valence electrons. The van der Waals surface area contributed by atoms with E-state index in [9.17, 15) is 0 Å². The third-order valence-electron chi connectivity index (χ3n) is 3.66. The van der Waals surface area contributed by atoms with Gasteiger partial charge in [-0.2, -0.15) is 0 Å². The maximum atomic E-state index is 5.85. The highest BCUT2D eigenvalue weighted by Crippen LogP contribution is 2.33. The van der Waals surface area contributed by atoms with Crippen LogP contribution < -0.4 is 0 Å². The van der Waals surface area contributed by atoms with Crippen LogP contribution in [0.3, 0.4) is 0 Å². The second-order valence-corrected chi connectivity index (χ2v) is 5.05. The lowest BCUT2D eigenvalue weighted by molar-refractivity contribution is 0.0582. The summed E-state index contributed by atoms with van der Waals surface area (Å²) >= 11 is 0. The van der Waals surface area contributed by atoms with Crippen molar-refractivity contribution in [2.75, 3.05) is 0 Å². The molecule has 0 spiro atoms. The third-order valence-corrected chi connectivity index (χ3v) is 3.66. The van der Waals surface area contributed by atoms with Crippen LogP contribution in [0.5, 0.6) is 0 Å². The minimum absolute atomic E-state index is 0.373. The third kappa shape index (κ3) is 3.57. The fourth-order valence-corrected chi connectivity index (χ4v) is 2.61. The zero-order valence-corrected chi connectivity index (χ0v) is 11.0. The van der Waals surface area contributed by atoms with Gasteiger partial charge in [0, 0.05) is 0 Å². The number of ether oxygens (including phenoxy) is 1. The monoisotopic (exact) mass is 232 g/mol. The van der Waals surface area contributed by atoms with Gasteiger partial charge in [-0.15, -0.1) is 0 Å². The molecule has 0 aromatic heterocycles. The van der Waals surface area contributed by atoms with E-state index in [1.807, 2.05) is 0 Å². The second kappa shape index (κ2) is 6.80. The fourth-order valence-electron chi connectivity index (χ4n) is 2.61. The van der Waals surface area contributed by atoms with Crippen molar-refractivity contribution in [2.24, 2.45) is 0 Å². The normalized spacial score (nSPS) is 18.3. The van der Waals surface area contributed by atoms with Crippen LogP contribution in [-0.2, 0) is 11.3 Å². The number of rotatable bonds is 7. The molecule has 2 rings (SSSR count). The van der Waals surface area contributed by atoms with Gasteiger partial charge in [0.2, 0.25) is 0 Å². The van der Waals surface area contributed by atoms with Crippen LogP contribution in [-0.4, -0.2) is 0 Å². The summed E-state index contributed by atoms with van der Waals surface area (Å²) in [5.74, 6) is 0. The standard InChI is InChI=1S/C16H24O/c1-2-3-4-5-6-7-12-16-15-11-9-8-10-14(15)13-17-16/h8-11,16H,2-7,12-13H2,1H3. The number of hydrogen-bond acceptors (Lipinski definition) is 1. The number of benzene rings is 1. The summed E-state index contributed by atoms with van der Waals surface area (Å²) in [4.78, 5) is 0. The van der Waals surface area contributed by atoms with Gasteiger partial charge >= 0.3 is 0 Å². The van der Waals surface area contributed by atoms with Crippen molar-refractivity contribution in [1.29, 1.82) is 0 Å². The number of fused-ring (bicyclic) bond motifs is 1. The van der Waals surface area contributed by atoms with E-state index in [4.69, 9.17) is 4.74 Å². The average Bonchev–Trinajstić information content (AvgIpc) is 2.77. The first-order valence-corrected chi connectivity index (χ1v) is 7.11. The summed E-state index contributed by atoms with van der Waals surface area (Å²) in [5, 5.41) is 0. The van der Waals surface area contributed by atoms with Crippen molar-refractivity contribution >= 4 is 0 Å². The predicted molar refractivity (Wildman–Crippen MR) is 72.0 cm³/mol. The van der Waals surface area contributed by atoms with Gasteiger partial charge in [-0.3, -0.25) is 0 Å². The zero-order valence-electron chi connectivity index (χ0n) is 11.0. The zero-order chi connectivity index (χ0) is 11.9. The van der Waals surface area contributed by atoms with E-state index in [0.29, 0.717) is 6.10 Å². The van der Waals surface area contributed by atoms with Crippen molar-refractivity contribution in [3.8, 4) is 0 Å². The molecule has 1 heterocycles. The van der Waals surface area contributed by atoms with E-state index in [-0.39, 0.29) is 0 Å². The van der Waals surface area contributed by atoms with E-state index in [0.717, 1.165) is 6.61 Å². The Kier molecular flexibility index (Phi) is 5.06. The first-order valence-electron chi connectivity index (χ1n) is 7.11. The molecule has 1 atom stereocenters. The Morgan fingerprint density at radius 3 is 2.71 bits per heavy atom. The van der Waals surface area contributed by atoms with Crippen LogP contribution >= 0.6 is 0 Å². The van der Waals surface area contributed by atoms with Gasteiger partial charge in [-0.05, 0) is 17.5 Å². The minimum Gasteiger partial charge on any atom is -0.369 e. The van der Waals surface area contributed by atoms with Gasteiger partial charge < -0.3 is 4.74 Å². The Bertz CT molecular complexity index is 332. The van der Waals surface area contributed by atoms with Crippen LogP contribution in [0.4, 0.5) is 0 Å². The summed E-state index contributed by atoms with van der Waals surface area (Å²) in [6.45, 7) is 3.08. The van der Waals surface area contributed by atoms with Crippen molar-refractivity contribution in [3.63, 3.8) is 0 Å². The SMILES string of the molecule is CCCCCCCCC1OCc2ccccc21. The van der Waals surface area contributed by atoms with E-state index >= 15 is 0 Å². The molecule has 1 aliphatic rings. The average molecular weight is 232 g/mol. The maximum absolute atomic E-state index is 5.85. The van der Waals surface area contributed by atoms with E-state index < -0.39 is 0 Å². The van der Waals surface area contributed by atoms with Crippen molar-refractivity contribution in [1.82, 2.24) is 0 Å². The van der Waals surface area contributed by atoms with Crippen molar-refractivity contribution in [2.45, 2.75) is 64.6 Å². The Balaban J connectivity index is 1.68. The Morgan fingerprint density at radius 2 is 1.82 bits per heavy atom. The topological polar surface area (TPSA) is 9.23 Å². The molecule has 0 aliphatic carbocycles. The van der Waals surface area contributed by atoms with Crippen molar-refractivity contribution in [3.05, 3.63) is 35.4 Å². The molecule has 0 fully saturated rings. The largest absolute Gasteiger partial charge is 0.369 e. The molecule has 1 aromatic rings. The number of hydrogen-bond donors (Lipinski definition) is 0. The molecule has 0 radical (unpaired) electrons. The molecule has 0 amide bonds. The molecule has 0 bridgehead atoms. The lowest BCUT2D eigenvalue weighted by Gasteiger charge is -2.10. The minimum atomic E-state index is 0.373. The molecule has 1 nitrogen and oxygen atoms in total. The fraction of sp³-hybridized carbons (Fsp3) is 0.625. The van der Waals surface area contributed by atoms with Gasteiger partial charge in [0.15, 0.2) is 0 Å². The second-order valence-electron chi connectivity index (χ2n) is 5.05. The van der Waals surface area contributed by atoms with Crippen LogP contribution in [0.2, 0.25) is 0 Å². The molecule has 17 heavy (non-hydrogen) atoms. The first-order chi connectivity index (χ1) is 8.42. The van der Waals surface area contributed by atoms with Gasteiger partial charge in [-0.25, -0.2) is 0 Å². The molecule has 0 N–H and O–H groups in total. The van der Waals surface area contributed by atoms with Crippen molar-refractivity contribution < 1.29 is 4.74 Å². The van der Waals surface area contributed by atoms with E-state index in [1.165, 1.54) is 56.1 Å². The van der Waals surface area contributed by atoms with E-state index in [1.54, 1.807) is 0 Å². The maximum Gasteiger partial charge on any atom is 0.0833 e. The summed E-state index contributed by atoms with van der Waals surface area (Å²) in [6.07, 6.45) is 9.76. The van der Waals surface area contributed by atoms with Gasteiger partial charge in [-0.1, -0.05) is 69.7 Å². The summed E-state index contributed by atoms with van der Waals surface area (Å²) in [5.41, 5.74) is 2.82.